The summed E-state index contributed by atoms with van der Waals surface area (Å²) in [6.45, 7) is 2.91. The van der Waals surface area contributed by atoms with E-state index in [0.717, 1.165) is 12.8 Å². The van der Waals surface area contributed by atoms with Crippen LogP contribution in [-0.4, -0.2) is 50.7 Å². The van der Waals surface area contributed by atoms with Crippen molar-refractivity contribution in [1.82, 2.24) is 4.31 Å². The third-order valence-electron chi connectivity index (χ3n) is 3.67. The molecule has 7 heteroatoms. The van der Waals surface area contributed by atoms with Crippen LogP contribution in [0, 0.1) is 5.92 Å². The van der Waals surface area contributed by atoms with Crippen LogP contribution in [0.4, 0.5) is 0 Å². The second-order valence-corrected chi connectivity index (χ2v) is 7.07. The predicted octanol–water partition coefficient (Wildman–Crippen LogP) is 0.329. The first-order valence-electron chi connectivity index (χ1n) is 6.68. The number of carbonyl (C=O) groups is 1. The number of hydrogen-bond donors (Lipinski definition) is 1. The zero-order chi connectivity index (χ0) is 14.5. The lowest BCUT2D eigenvalue weighted by atomic mass is 9.93. The molecule has 1 aliphatic rings. The summed E-state index contributed by atoms with van der Waals surface area (Å²) in [5.74, 6) is -0.114. The molecule has 1 rings (SSSR count). The van der Waals surface area contributed by atoms with Crippen LogP contribution in [0.25, 0.3) is 0 Å². The molecule has 19 heavy (non-hydrogen) atoms. The van der Waals surface area contributed by atoms with E-state index >= 15 is 0 Å². The zero-order valence-electron chi connectivity index (χ0n) is 11.7. The molecule has 0 aromatic heterocycles. The molecule has 1 aliphatic heterocycles. The quantitative estimate of drug-likeness (QED) is 0.712. The standard InChI is InChI=1S/C12H24N2O4S/c1-10-5-3-7-14(11(10)9-13)19(16,17)8-4-6-12(15)18-2/h10-11H,3-9,13H2,1-2H3. The maximum absolute atomic E-state index is 12.3. The van der Waals surface area contributed by atoms with E-state index in [4.69, 9.17) is 5.73 Å². The molecule has 0 aromatic carbocycles. The van der Waals surface area contributed by atoms with Gasteiger partial charge in [-0.3, -0.25) is 4.79 Å². The summed E-state index contributed by atoms with van der Waals surface area (Å²) >= 11 is 0. The number of carbonyl (C=O) groups excluding carboxylic acids is 1. The number of nitrogens with two attached hydrogens (primary N) is 1. The van der Waals surface area contributed by atoms with E-state index in [-0.39, 0.29) is 36.5 Å². The molecular weight excluding hydrogens is 268 g/mol. The number of methoxy groups -OCH3 is 1. The molecule has 0 radical (unpaired) electrons. The molecule has 2 unspecified atom stereocenters. The first kappa shape index (κ1) is 16.4. The van der Waals surface area contributed by atoms with Crippen molar-refractivity contribution in [3.8, 4) is 0 Å². The van der Waals surface area contributed by atoms with Gasteiger partial charge in [0.25, 0.3) is 0 Å². The summed E-state index contributed by atoms with van der Waals surface area (Å²) in [6.07, 6.45) is 2.30. The Bertz CT molecular complexity index is 397. The maximum atomic E-state index is 12.3. The highest BCUT2D eigenvalue weighted by Crippen LogP contribution is 2.25. The van der Waals surface area contributed by atoms with Crippen molar-refractivity contribution in [2.45, 2.75) is 38.6 Å². The minimum atomic E-state index is -3.34. The summed E-state index contributed by atoms with van der Waals surface area (Å²) in [7, 11) is -2.04. The third kappa shape index (κ3) is 4.43. The number of esters is 1. The summed E-state index contributed by atoms with van der Waals surface area (Å²) in [4.78, 5) is 11.0. The Morgan fingerprint density at radius 2 is 2.16 bits per heavy atom. The second-order valence-electron chi connectivity index (χ2n) is 5.03. The normalized spacial score (nSPS) is 25.2. The topological polar surface area (TPSA) is 89.7 Å². The fraction of sp³-hybridized carbons (Fsp3) is 0.917. The van der Waals surface area contributed by atoms with E-state index in [9.17, 15) is 13.2 Å². The Kier molecular flexibility index (Phi) is 6.22. The molecule has 112 valence electrons. The summed E-state index contributed by atoms with van der Waals surface area (Å²) in [6, 6.07) is -0.114. The predicted molar refractivity (Wildman–Crippen MR) is 73.0 cm³/mol. The minimum Gasteiger partial charge on any atom is -0.469 e. The molecule has 0 bridgehead atoms. The van der Waals surface area contributed by atoms with Crippen molar-refractivity contribution in [2.24, 2.45) is 11.7 Å². The number of nitrogens with zero attached hydrogens (tertiary/aromatic N) is 1. The molecule has 1 fully saturated rings. The average Bonchev–Trinajstić information content (AvgIpc) is 2.37. The van der Waals surface area contributed by atoms with Gasteiger partial charge in [0, 0.05) is 25.6 Å². The van der Waals surface area contributed by atoms with Gasteiger partial charge in [-0.05, 0) is 25.2 Å². The van der Waals surface area contributed by atoms with Gasteiger partial charge < -0.3 is 10.5 Å². The van der Waals surface area contributed by atoms with Crippen LogP contribution in [0.15, 0.2) is 0 Å². The molecule has 0 spiro atoms. The van der Waals surface area contributed by atoms with Gasteiger partial charge in [0.1, 0.15) is 0 Å². The Labute approximate surface area is 115 Å². The van der Waals surface area contributed by atoms with Crippen molar-refractivity contribution in [3.05, 3.63) is 0 Å². The van der Waals surface area contributed by atoms with Crippen molar-refractivity contribution in [2.75, 3.05) is 26.0 Å². The molecule has 1 heterocycles. The van der Waals surface area contributed by atoms with E-state index < -0.39 is 10.0 Å². The minimum absolute atomic E-state index is 0.0225. The van der Waals surface area contributed by atoms with E-state index in [0.29, 0.717) is 13.1 Å². The Morgan fingerprint density at radius 1 is 1.47 bits per heavy atom. The third-order valence-corrected chi connectivity index (χ3v) is 5.65. The van der Waals surface area contributed by atoms with Gasteiger partial charge in [0.15, 0.2) is 0 Å². The van der Waals surface area contributed by atoms with Crippen LogP contribution in [0.1, 0.15) is 32.6 Å². The van der Waals surface area contributed by atoms with Crippen LogP contribution in [0.2, 0.25) is 0 Å². The smallest absolute Gasteiger partial charge is 0.305 e. The number of sulfonamides is 1. The van der Waals surface area contributed by atoms with Crippen molar-refractivity contribution < 1.29 is 17.9 Å². The first-order valence-corrected chi connectivity index (χ1v) is 8.29. The van der Waals surface area contributed by atoms with Gasteiger partial charge in [-0.2, -0.15) is 4.31 Å². The van der Waals surface area contributed by atoms with Gasteiger partial charge in [0.05, 0.1) is 12.9 Å². The number of piperidine rings is 1. The van der Waals surface area contributed by atoms with Crippen molar-refractivity contribution >= 4 is 16.0 Å². The van der Waals surface area contributed by atoms with E-state index in [1.54, 1.807) is 0 Å². The van der Waals surface area contributed by atoms with Gasteiger partial charge in [-0.1, -0.05) is 6.92 Å². The van der Waals surface area contributed by atoms with Gasteiger partial charge in [-0.25, -0.2) is 8.42 Å². The molecular formula is C12H24N2O4S. The number of hydrogen-bond acceptors (Lipinski definition) is 5. The van der Waals surface area contributed by atoms with Crippen LogP contribution in [0.5, 0.6) is 0 Å². The molecule has 6 nitrogen and oxygen atoms in total. The van der Waals surface area contributed by atoms with Crippen LogP contribution in [0.3, 0.4) is 0 Å². The monoisotopic (exact) mass is 292 g/mol. The highest BCUT2D eigenvalue weighted by atomic mass is 32.2. The van der Waals surface area contributed by atoms with Gasteiger partial charge >= 0.3 is 5.97 Å². The van der Waals surface area contributed by atoms with Crippen LogP contribution < -0.4 is 5.73 Å². The first-order chi connectivity index (χ1) is 8.92. The number of rotatable bonds is 6. The van der Waals surface area contributed by atoms with E-state index in [2.05, 4.69) is 4.74 Å². The Morgan fingerprint density at radius 3 is 2.74 bits per heavy atom. The highest BCUT2D eigenvalue weighted by molar-refractivity contribution is 7.89. The fourth-order valence-electron chi connectivity index (χ4n) is 2.52. The summed E-state index contributed by atoms with van der Waals surface area (Å²) < 4.78 is 30.6. The Balaban J connectivity index is 2.62. The van der Waals surface area contributed by atoms with Gasteiger partial charge in [-0.15, -0.1) is 0 Å². The number of ether oxygens (including phenoxy) is 1. The largest absolute Gasteiger partial charge is 0.469 e. The second kappa shape index (κ2) is 7.21. The molecule has 2 N–H and O–H groups in total. The lowest BCUT2D eigenvalue weighted by molar-refractivity contribution is -0.140. The molecule has 2 atom stereocenters. The SMILES string of the molecule is COC(=O)CCCS(=O)(=O)N1CCCC(C)C1CN. The van der Waals surface area contributed by atoms with Crippen LogP contribution in [-0.2, 0) is 19.6 Å². The summed E-state index contributed by atoms with van der Waals surface area (Å²) in [5, 5.41) is 0. The molecule has 0 aromatic rings. The van der Waals surface area contributed by atoms with Gasteiger partial charge in [0.2, 0.25) is 10.0 Å². The fourth-order valence-corrected chi connectivity index (χ4v) is 4.38. The van der Waals surface area contributed by atoms with E-state index in [1.807, 2.05) is 6.92 Å². The molecule has 1 saturated heterocycles. The zero-order valence-corrected chi connectivity index (χ0v) is 12.5. The van der Waals surface area contributed by atoms with Crippen molar-refractivity contribution in [1.29, 1.82) is 0 Å². The van der Waals surface area contributed by atoms with E-state index in [1.165, 1.54) is 11.4 Å². The molecule has 0 saturated carbocycles. The van der Waals surface area contributed by atoms with Crippen LogP contribution >= 0.6 is 0 Å². The highest BCUT2D eigenvalue weighted by Gasteiger charge is 2.35. The molecule has 0 amide bonds. The molecule has 0 aliphatic carbocycles. The maximum Gasteiger partial charge on any atom is 0.305 e. The summed E-state index contributed by atoms with van der Waals surface area (Å²) in [5.41, 5.74) is 5.70. The lowest BCUT2D eigenvalue weighted by Gasteiger charge is -2.38. The average molecular weight is 292 g/mol. The van der Waals surface area contributed by atoms with Crippen molar-refractivity contribution in [3.63, 3.8) is 0 Å². The Hall–Kier alpha value is -0.660. The lowest BCUT2D eigenvalue weighted by Crippen LogP contribution is -2.51.